The van der Waals surface area contributed by atoms with Gasteiger partial charge in [-0.2, -0.15) is 0 Å². The molecule has 24 heavy (non-hydrogen) atoms. The molecule has 0 unspecified atom stereocenters. The number of methoxy groups -OCH3 is 1. The summed E-state index contributed by atoms with van der Waals surface area (Å²) in [7, 11) is 1.18. The summed E-state index contributed by atoms with van der Waals surface area (Å²) in [6.45, 7) is 0.0492. The van der Waals surface area contributed by atoms with Crippen molar-refractivity contribution in [3.05, 3.63) is 65.9 Å². The Labute approximate surface area is 137 Å². The minimum absolute atomic E-state index is 0.0492. The van der Waals surface area contributed by atoms with Crippen molar-refractivity contribution in [2.45, 2.75) is 6.61 Å². The highest BCUT2D eigenvalue weighted by Crippen LogP contribution is 2.32. The Kier molecular flexibility index (Phi) is 4.20. The summed E-state index contributed by atoms with van der Waals surface area (Å²) in [5.74, 6) is -1.13. The predicted octanol–water partition coefficient (Wildman–Crippen LogP) is 3.32. The minimum atomic E-state index is -0.819. The van der Waals surface area contributed by atoms with Gasteiger partial charge in [0.15, 0.2) is 11.4 Å². The van der Waals surface area contributed by atoms with Gasteiger partial charge in [0, 0.05) is 5.39 Å². The van der Waals surface area contributed by atoms with E-state index in [0.717, 1.165) is 10.1 Å². The highest BCUT2D eigenvalue weighted by molar-refractivity contribution is 6.06. The van der Waals surface area contributed by atoms with Crippen molar-refractivity contribution in [3.63, 3.8) is 0 Å². The number of nitrogens with zero attached hydrogens (tertiary/aromatic N) is 1. The van der Waals surface area contributed by atoms with Crippen molar-refractivity contribution in [1.82, 2.24) is 4.57 Å². The average molecular weight is 325 g/mol. The zero-order chi connectivity index (χ0) is 17.1. The van der Waals surface area contributed by atoms with Crippen molar-refractivity contribution in [3.8, 4) is 5.75 Å². The average Bonchev–Trinajstić information content (AvgIpc) is 2.93. The molecule has 0 fully saturated rings. The normalized spacial score (nSPS) is 10.5. The zero-order valence-corrected chi connectivity index (χ0v) is 12.9. The monoisotopic (exact) mass is 325 g/mol. The molecule has 0 radical (unpaired) electrons. The topological polar surface area (TPSA) is 77.8 Å². The number of fused-ring (bicyclic) bond motifs is 1. The van der Waals surface area contributed by atoms with Gasteiger partial charge in [-0.1, -0.05) is 42.5 Å². The number of benzene rings is 2. The smallest absolute Gasteiger partial charge is 0.419 e. The quantitative estimate of drug-likeness (QED) is 0.747. The van der Waals surface area contributed by atoms with E-state index < -0.39 is 12.1 Å². The van der Waals surface area contributed by atoms with Crippen LogP contribution in [-0.4, -0.2) is 28.8 Å². The van der Waals surface area contributed by atoms with Crippen LogP contribution < -0.4 is 0 Å². The number of esters is 1. The first-order valence-electron chi connectivity index (χ1n) is 7.25. The second-order valence-corrected chi connectivity index (χ2v) is 5.08. The third-order valence-electron chi connectivity index (χ3n) is 3.61. The van der Waals surface area contributed by atoms with Crippen molar-refractivity contribution in [2.24, 2.45) is 0 Å². The fourth-order valence-corrected chi connectivity index (χ4v) is 2.48. The number of carbonyl (C=O) groups is 2. The Balaban J connectivity index is 2.01. The van der Waals surface area contributed by atoms with Gasteiger partial charge in [0.2, 0.25) is 0 Å². The van der Waals surface area contributed by atoms with Gasteiger partial charge in [-0.15, -0.1) is 0 Å². The molecule has 0 spiro atoms. The van der Waals surface area contributed by atoms with Gasteiger partial charge >= 0.3 is 12.1 Å². The zero-order valence-electron chi connectivity index (χ0n) is 12.9. The molecule has 1 aromatic heterocycles. The van der Waals surface area contributed by atoms with Crippen LogP contribution in [0.5, 0.6) is 5.75 Å². The molecule has 2 aromatic carbocycles. The van der Waals surface area contributed by atoms with Gasteiger partial charge in [-0.3, -0.25) is 0 Å². The molecule has 3 rings (SSSR count). The molecule has 6 heteroatoms. The van der Waals surface area contributed by atoms with Gasteiger partial charge < -0.3 is 14.6 Å². The maximum atomic E-state index is 12.5. The van der Waals surface area contributed by atoms with Crippen LogP contribution in [0.1, 0.15) is 16.1 Å². The number of hydrogen-bond acceptors (Lipinski definition) is 5. The van der Waals surface area contributed by atoms with Crippen molar-refractivity contribution < 1.29 is 24.2 Å². The molecule has 0 bridgehead atoms. The van der Waals surface area contributed by atoms with E-state index in [4.69, 9.17) is 4.74 Å². The van der Waals surface area contributed by atoms with E-state index in [1.54, 1.807) is 24.3 Å². The first-order valence-corrected chi connectivity index (χ1v) is 7.25. The molecule has 0 saturated carbocycles. The molecule has 122 valence electrons. The number of para-hydroxylation sites is 1. The van der Waals surface area contributed by atoms with Crippen molar-refractivity contribution in [1.29, 1.82) is 0 Å². The van der Waals surface area contributed by atoms with Crippen LogP contribution in [0.2, 0.25) is 0 Å². The largest absolute Gasteiger partial charge is 0.505 e. The van der Waals surface area contributed by atoms with Crippen LogP contribution in [-0.2, 0) is 16.1 Å². The highest BCUT2D eigenvalue weighted by Gasteiger charge is 2.27. The second kappa shape index (κ2) is 6.45. The number of aromatic hydroxyl groups is 1. The molecule has 0 aliphatic carbocycles. The molecular formula is C18H15NO5. The Hall–Kier alpha value is -3.28. The Bertz CT molecular complexity index is 898. The second-order valence-electron chi connectivity index (χ2n) is 5.08. The summed E-state index contributed by atoms with van der Waals surface area (Å²) >= 11 is 0. The summed E-state index contributed by atoms with van der Waals surface area (Å²) in [6, 6.07) is 15.8. The lowest BCUT2D eigenvalue weighted by molar-refractivity contribution is 0.0582. The van der Waals surface area contributed by atoms with E-state index in [2.05, 4.69) is 4.74 Å². The van der Waals surface area contributed by atoms with Crippen LogP contribution in [0.15, 0.2) is 54.6 Å². The molecule has 3 aromatic rings. The molecule has 6 nitrogen and oxygen atoms in total. The lowest BCUT2D eigenvalue weighted by atomic mass is 10.2. The lowest BCUT2D eigenvalue weighted by Crippen LogP contribution is -2.19. The van der Waals surface area contributed by atoms with Crippen LogP contribution in [0, 0.1) is 0 Å². The Morgan fingerprint density at radius 2 is 1.71 bits per heavy atom. The lowest BCUT2D eigenvalue weighted by Gasteiger charge is -2.09. The van der Waals surface area contributed by atoms with Crippen LogP contribution in [0.4, 0.5) is 4.79 Å². The van der Waals surface area contributed by atoms with Gasteiger partial charge in [0.05, 0.1) is 12.6 Å². The summed E-state index contributed by atoms with van der Waals surface area (Å²) < 4.78 is 11.0. The van der Waals surface area contributed by atoms with Gasteiger partial charge in [-0.05, 0) is 17.7 Å². The first-order chi connectivity index (χ1) is 11.6. The van der Waals surface area contributed by atoms with E-state index in [9.17, 15) is 14.7 Å². The molecule has 0 aliphatic heterocycles. The third-order valence-corrected chi connectivity index (χ3v) is 3.61. The fraction of sp³-hybridized carbons (Fsp3) is 0.111. The number of ether oxygens (including phenoxy) is 2. The molecular weight excluding hydrogens is 310 g/mol. The summed E-state index contributed by atoms with van der Waals surface area (Å²) in [5.41, 5.74) is 0.927. The third kappa shape index (κ3) is 2.69. The van der Waals surface area contributed by atoms with E-state index in [1.807, 2.05) is 30.3 Å². The number of carbonyl (C=O) groups excluding carboxylic acids is 2. The summed E-state index contributed by atoms with van der Waals surface area (Å²) in [5, 5.41) is 10.6. The van der Waals surface area contributed by atoms with Gasteiger partial charge in [0.25, 0.3) is 0 Å². The van der Waals surface area contributed by atoms with E-state index >= 15 is 0 Å². The molecule has 0 amide bonds. The van der Waals surface area contributed by atoms with Crippen molar-refractivity contribution in [2.75, 3.05) is 7.11 Å². The SMILES string of the molecule is COC(=O)c1c(O)c2ccccc2n1C(=O)OCc1ccccc1. The predicted molar refractivity (Wildman–Crippen MR) is 87.0 cm³/mol. The maximum absolute atomic E-state index is 12.5. The molecule has 0 aliphatic rings. The van der Waals surface area contributed by atoms with Gasteiger partial charge in [0.1, 0.15) is 6.61 Å². The number of rotatable bonds is 3. The van der Waals surface area contributed by atoms with Gasteiger partial charge in [-0.25, -0.2) is 14.2 Å². The fourth-order valence-electron chi connectivity index (χ4n) is 2.48. The standard InChI is InChI=1S/C18H15NO5/c1-23-17(21)15-16(20)13-9-5-6-10-14(13)19(15)18(22)24-11-12-7-3-2-4-8-12/h2-10,20H,11H2,1H3. The molecule has 0 saturated heterocycles. The number of hydrogen-bond donors (Lipinski definition) is 1. The minimum Gasteiger partial charge on any atom is -0.505 e. The van der Waals surface area contributed by atoms with E-state index in [-0.39, 0.29) is 18.1 Å². The van der Waals surface area contributed by atoms with E-state index in [1.165, 1.54) is 7.11 Å². The summed E-state index contributed by atoms with van der Waals surface area (Å²) in [6.07, 6.45) is -0.768. The highest BCUT2D eigenvalue weighted by atomic mass is 16.6. The Morgan fingerprint density at radius 1 is 1.04 bits per heavy atom. The van der Waals surface area contributed by atoms with Crippen LogP contribution >= 0.6 is 0 Å². The van der Waals surface area contributed by atoms with E-state index in [0.29, 0.717) is 10.9 Å². The molecule has 1 N–H and O–H groups in total. The molecule has 1 heterocycles. The maximum Gasteiger partial charge on any atom is 0.419 e. The van der Waals surface area contributed by atoms with Crippen LogP contribution in [0.25, 0.3) is 10.9 Å². The molecule has 0 atom stereocenters. The Morgan fingerprint density at radius 3 is 2.42 bits per heavy atom. The number of aromatic nitrogens is 1. The summed E-state index contributed by atoms with van der Waals surface area (Å²) in [4.78, 5) is 24.5. The van der Waals surface area contributed by atoms with Crippen LogP contribution in [0.3, 0.4) is 0 Å². The van der Waals surface area contributed by atoms with Crippen molar-refractivity contribution >= 4 is 23.0 Å². The first kappa shape index (κ1) is 15.6.